The van der Waals surface area contributed by atoms with E-state index in [4.69, 9.17) is 0 Å². The van der Waals surface area contributed by atoms with E-state index in [-0.39, 0.29) is 30.7 Å². The number of hydrogen-bond acceptors (Lipinski definition) is 2. The van der Waals surface area contributed by atoms with Crippen molar-refractivity contribution in [1.29, 1.82) is 0 Å². The van der Waals surface area contributed by atoms with Crippen molar-refractivity contribution in [3.63, 3.8) is 0 Å². The molecule has 1 aliphatic rings. The van der Waals surface area contributed by atoms with Crippen LogP contribution >= 0.6 is 0 Å². The molecule has 1 N–H and O–H groups in total. The minimum absolute atomic E-state index is 0.0110. The van der Waals surface area contributed by atoms with Crippen LogP contribution in [0.5, 0.6) is 0 Å². The molecule has 1 aliphatic carbocycles. The summed E-state index contributed by atoms with van der Waals surface area (Å²) >= 11 is 0. The second-order valence-corrected chi connectivity index (χ2v) is 6.17. The van der Waals surface area contributed by atoms with Crippen molar-refractivity contribution in [1.82, 2.24) is 10.2 Å². The monoisotopic (exact) mass is 332 g/mol. The normalized spacial score (nSPS) is 14.0. The third-order valence-electron chi connectivity index (χ3n) is 4.30. The Bertz CT molecular complexity index is 613. The molecule has 0 saturated carbocycles. The topological polar surface area (TPSA) is 49.4 Å². The maximum atomic E-state index is 13.5. The molecule has 0 aliphatic heterocycles. The van der Waals surface area contributed by atoms with Crippen molar-refractivity contribution in [3.8, 4) is 0 Å². The maximum Gasteiger partial charge on any atom is 0.239 e. The molecule has 0 unspecified atom stereocenters. The van der Waals surface area contributed by atoms with Gasteiger partial charge in [0, 0.05) is 25.6 Å². The summed E-state index contributed by atoms with van der Waals surface area (Å²) in [5.74, 6) is -0.732. The van der Waals surface area contributed by atoms with Gasteiger partial charge >= 0.3 is 0 Å². The highest BCUT2D eigenvalue weighted by molar-refractivity contribution is 5.83. The van der Waals surface area contributed by atoms with Gasteiger partial charge in [0.25, 0.3) is 0 Å². The molecule has 0 saturated heterocycles. The first-order valence-corrected chi connectivity index (χ1v) is 8.50. The number of nitrogens with one attached hydrogen (secondary N) is 1. The van der Waals surface area contributed by atoms with Gasteiger partial charge in [0.15, 0.2) is 0 Å². The Morgan fingerprint density at radius 1 is 1.25 bits per heavy atom. The molecule has 0 bridgehead atoms. The lowest BCUT2D eigenvalue weighted by Crippen LogP contribution is -2.40. The van der Waals surface area contributed by atoms with Crippen LogP contribution in [0.1, 0.15) is 44.6 Å². The van der Waals surface area contributed by atoms with Crippen molar-refractivity contribution in [2.45, 2.75) is 45.6 Å². The van der Waals surface area contributed by atoms with E-state index in [1.54, 1.807) is 23.1 Å². The van der Waals surface area contributed by atoms with Crippen LogP contribution in [0.15, 0.2) is 35.9 Å². The molecule has 0 heterocycles. The summed E-state index contributed by atoms with van der Waals surface area (Å²) < 4.78 is 13.5. The molecular weight excluding hydrogens is 307 g/mol. The van der Waals surface area contributed by atoms with E-state index in [1.165, 1.54) is 31.4 Å². The van der Waals surface area contributed by atoms with Gasteiger partial charge in [-0.15, -0.1) is 0 Å². The second kappa shape index (κ2) is 9.21. The van der Waals surface area contributed by atoms with E-state index in [1.807, 2.05) is 0 Å². The van der Waals surface area contributed by atoms with Gasteiger partial charge < -0.3 is 10.2 Å². The van der Waals surface area contributed by atoms with Gasteiger partial charge in [-0.3, -0.25) is 9.59 Å². The summed E-state index contributed by atoms with van der Waals surface area (Å²) in [7, 11) is 0. The van der Waals surface area contributed by atoms with Crippen LogP contribution in [0.3, 0.4) is 0 Å². The maximum absolute atomic E-state index is 13.5. The molecule has 24 heavy (non-hydrogen) atoms. The number of amides is 2. The van der Waals surface area contributed by atoms with Gasteiger partial charge in [0.2, 0.25) is 11.8 Å². The minimum atomic E-state index is -0.342. The highest BCUT2D eigenvalue weighted by Gasteiger charge is 2.15. The predicted molar refractivity (Wildman–Crippen MR) is 91.7 cm³/mol. The summed E-state index contributed by atoms with van der Waals surface area (Å²) in [5, 5.41) is 2.68. The molecule has 1 aromatic rings. The molecule has 2 rings (SSSR count). The molecule has 0 radical (unpaired) electrons. The highest BCUT2D eigenvalue weighted by atomic mass is 19.1. The molecule has 130 valence electrons. The number of carbonyl (C=O) groups excluding carboxylic acids is 2. The standard InChI is InChI=1S/C19H25FN2O2/c1-15(23)22(12-11-16-7-3-2-4-8-16)14-19(24)21-13-17-9-5-6-10-18(17)20/h5-7,9-10H,2-4,8,11-14H2,1H3,(H,21,24). The van der Waals surface area contributed by atoms with Gasteiger partial charge in [0.1, 0.15) is 5.82 Å². The minimum Gasteiger partial charge on any atom is -0.350 e. The summed E-state index contributed by atoms with van der Waals surface area (Å²) in [4.78, 5) is 25.3. The highest BCUT2D eigenvalue weighted by Crippen LogP contribution is 2.20. The van der Waals surface area contributed by atoms with Crippen LogP contribution in [-0.4, -0.2) is 29.8 Å². The zero-order chi connectivity index (χ0) is 17.4. The summed E-state index contributed by atoms with van der Waals surface area (Å²) in [6.45, 7) is 2.16. The number of hydrogen-bond donors (Lipinski definition) is 1. The van der Waals surface area contributed by atoms with Crippen molar-refractivity contribution in [3.05, 3.63) is 47.3 Å². The Labute approximate surface area is 142 Å². The van der Waals surface area contributed by atoms with E-state index >= 15 is 0 Å². The van der Waals surface area contributed by atoms with Crippen LogP contribution in [0.4, 0.5) is 4.39 Å². The van der Waals surface area contributed by atoms with E-state index in [0.717, 1.165) is 19.3 Å². The second-order valence-electron chi connectivity index (χ2n) is 6.17. The fraction of sp³-hybridized carbons (Fsp3) is 0.474. The zero-order valence-electron chi connectivity index (χ0n) is 14.2. The molecule has 0 atom stereocenters. The van der Waals surface area contributed by atoms with Crippen LogP contribution in [0.25, 0.3) is 0 Å². The number of nitrogens with zero attached hydrogens (tertiary/aromatic N) is 1. The van der Waals surface area contributed by atoms with Crippen molar-refractivity contribution >= 4 is 11.8 Å². The molecule has 5 heteroatoms. The van der Waals surface area contributed by atoms with Crippen LogP contribution in [-0.2, 0) is 16.1 Å². The van der Waals surface area contributed by atoms with Crippen LogP contribution < -0.4 is 5.32 Å². The third kappa shape index (κ3) is 5.80. The lowest BCUT2D eigenvalue weighted by atomic mass is 9.97. The Morgan fingerprint density at radius 2 is 2.04 bits per heavy atom. The van der Waals surface area contributed by atoms with Gasteiger partial charge in [0.05, 0.1) is 6.54 Å². The Balaban J connectivity index is 1.81. The largest absolute Gasteiger partial charge is 0.350 e. The summed E-state index contributed by atoms with van der Waals surface area (Å²) in [6.07, 6.45) is 7.71. The zero-order valence-corrected chi connectivity index (χ0v) is 14.2. The van der Waals surface area contributed by atoms with Crippen molar-refractivity contribution in [2.24, 2.45) is 0 Å². The SMILES string of the molecule is CC(=O)N(CCC1=CCCCC1)CC(=O)NCc1ccccc1F. The Hall–Kier alpha value is -2.17. The number of rotatable bonds is 7. The van der Waals surface area contributed by atoms with Crippen LogP contribution in [0, 0.1) is 5.82 Å². The lowest BCUT2D eigenvalue weighted by molar-refractivity contribution is -0.134. The average molecular weight is 332 g/mol. The fourth-order valence-corrected chi connectivity index (χ4v) is 2.82. The van der Waals surface area contributed by atoms with Crippen LogP contribution in [0.2, 0.25) is 0 Å². The first kappa shape index (κ1) is 18.2. The predicted octanol–water partition coefficient (Wildman–Crippen LogP) is 3.18. The number of carbonyl (C=O) groups is 2. The Morgan fingerprint density at radius 3 is 2.71 bits per heavy atom. The quantitative estimate of drug-likeness (QED) is 0.780. The molecule has 2 amide bonds. The smallest absolute Gasteiger partial charge is 0.239 e. The average Bonchev–Trinajstić information content (AvgIpc) is 2.58. The first-order valence-electron chi connectivity index (χ1n) is 8.50. The third-order valence-corrected chi connectivity index (χ3v) is 4.30. The van der Waals surface area contributed by atoms with E-state index < -0.39 is 0 Å². The van der Waals surface area contributed by atoms with Crippen molar-refractivity contribution in [2.75, 3.05) is 13.1 Å². The number of allylic oxidation sites excluding steroid dienone is 1. The molecule has 1 aromatic carbocycles. The molecule has 0 spiro atoms. The van der Waals surface area contributed by atoms with Gasteiger partial charge in [-0.1, -0.05) is 29.8 Å². The Kier molecular flexibility index (Phi) is 6.97. The van der Waals surface area contributed by atoms with Gasteiger partial charge in [-0.2, -0.15) is 0 Å². The van der Waals surface area contributed by atoms with E-state index in [2.05, 4.69) is 11.4 Å². The summed E-state index contributed by atoms with van der Waals surface area (Å²) in [5.41, 5.74) is 1.81. The van der Waals surface area contributed by atoms with Gasteiger partial charge in [-0.25, -0.2) is 4.39 Å². The lowest BCUT2D eigenvalue weighted by Gasteiger charge is -2.22. The molecule has 0 aromatic heterocycles. The molecule has 0 fully saturated rings. The van der Waals surface area contributed by atoms with Gasteiger partial charge in [-0.05, 0) is 38.2 Å². The van der Waals surface area contributed by atoms with E-state index in [9.17, 15) is 14.0 Å². The fourth-order valence-electron chi connectivity index (χ4n) is 2.82. The number of halogens is 1. The number of benzene rings is 1. The van der Waals surface area contributed by atoms with Crippen molar-refractivity contribution < 1.29 is 14.0 Å². The molecular formula is C19H25FN2O2. The molecule has 4 nitrogen and oxygen atoms in total. The first-order chi connectivity index (χ1) is 11.6. The van der Waals surface area contributed by atoms with E-state index in [0.29, 0.717) is 12.1 Å². The summed E-state index contributed by atoms with van der Waals surface area (Å²) in [6, 6.07) is 6.33.